The highest BCUT2D eigenvalue weighted by Gasteiger charge is 2.18. The molecule has 78 valence electrons. The molecule has 0 saturated carbocycles. The highest BCUT2D eigenvalue weighted by molar-refractivity contribution is 5.15. The van der Waals surface area contributed by atoms with Crippen molar-refractivity contribution in [1.82, 2.24) is 20.6 Å². The first-order valence-corrected chi connectivity index (χ1v) is 5.35. The van der Waals surface area contributed by atoms with E-state index in [1.165, 1.54) is 17.8 Å². The number of hydrogen-bond acceptors (Lipinski definition) is 3. The molecule has 0 amide bonds. The van der Waals surface area contributed by atoms with Crippen LogP contribution in [-0.2, 0) is 13.0 Å². The molecule has 2 heterocycles. The van der Waals surface area contributed by atoms with Crippen LogP contribution in [0.4, 0.5) is 0 Å². The summed E-state index contributed by atoms with van der Waals surface area (Å²) < 4.78 is 0. The van der Waals surface area contributed by atoms with Crippen molar-refractivity contribution in [3.8, 4) is 0 Å². The van der Waals surface area contributed by atoms with Crippen molar-refractivity contribution in [1.29, 1.82) is 0 Å². The zero-order chi connectivity index (χ0) is 9.80. The highest BCUT2D eigenvalue weighted by Crippen LogP contribution is 2.11. The largest absolute Gasteiger partial charge is 0.347 e. The fourth-order valence-corrected chi connectivity index (χ4v) is 1.83. The monoisotopic (exact) mass is 194 g/mol. The summed E-state index contributed by atoms with van der Waals surface area (Å²) in [4.78, 5) is 7.46. The number of imidazole rings is 1. The Morgan fingerprint density at radius 3 is 3.43 bits per heavy atom. The molecular formula is C10H18N4. The molecule has 1 atom stereocenters. The number of H-pyrrole nitrogens is 1. The molecule has 0 fully saturated rings. The van der Waals surface area contributed by atoms with Gasteiger partial charge in [0.1, 0.15) is 0 Å². The number of aromatic nitrogens is 2. The SMILES string of the molecule is CCCNCC1Cc2nc[nH]c2CN1. The topological polar surface area (TPSA) is 52.7 Å². The van der Waals surface area contributed by atoms with Gasteiger partial charge in [-0.1, -0.05) is 6.92 Å². The van der Waals surface area contributed by atoms with Crippen molar-refractivity contribution in [2.45, 2.75) is 32.4 Å². The lowest BCUT2D eigenvalue weighted by atomic mass is 10.1. The van der Waals surface area contributed by atoms with Gasteiger partial charge in [-0.05, 0) is 13.0 Å². The third-order valence-corrected chi connectivity index (χ3v) is 2.63. The van der Waals surface area contributed by atoms with E-state index in [0.717, 1.165) is 26.1 Å². The maximum absolute atomic E-state index is 4.31. The lowest BCUT2D eigenvalue weighted by molar-refractivity contribution is 0.441. The molecule has 1 aromatic rings. The molecule has 0 bridgehead atoms. The van der Waals surface area contributed by atoms with Crippen molar-refractivity contribution < 1.29 is 0 Å². The minimum Gasteiger partial charge on any atom is -0.347 e. The Bertz CT molecular complexity index is 281. The molecule has 4 nitrogen and oxygen atoms in total. The molecule has 0 spiro atoms. The van der Waals surface area contributed by atoms with Gasteiger partial charge in [-0.15, -0.1) is 0 Å². The predicted molar refractivity (Wildman–Crippen MR) is 56.1 cm³/mol. The van der Waals surface area contributed by atoms with Gasteiger partial charge in [0.05, 0.1) is 17.7 Å². The van der Waals surface area contributed by atoms with Gasteiger partial charge in [-0.3, -0.25) is 0 Å². The number of hydrogen-bond donors (Lipinski definition) is 3. The molecular weight excluding hydrogens is 176 g/mol. The van der Waals surface area contributed by atoms with Crippen LogP contribution in [0.1, 0.15) is 24.7 Å². The minimum atomic E-state index is 0.539. The lowest BCUT2D eigenvalue weighted by Gasteiger charge is -2.23. The molecule has 0 radical (unpaired) electrons. The standard InChI is InChI=1S/C10H18N4/c1-2-3-11-5-8-4-9-10(6-12-8)14-7-13-9/h7-8,11-12H,2-6H2,1H3,(H,13,14). The number of nitrogens with one attached hydrogen (secondary N) is 3. The van der Waals surface area contributed by atoms with E-state index in [2.05, 4.69) is 27.5 Å². The van der Waals surface area contributed by atoms with Crippen LogP contribution in [-0.4, -0.2) is 29.1 Å². The van der Waals surface area contributed by atoms with Crippen molar-refractivity contribution in [3.63, 3.8) is 0 Å². The quantitative estimate of drug-likeness (QED) is 0.609. The molecule has 1 aromatic heterocycles. The molecule has 14 heavy (non-hydrogen) atoms. The summed E-state index contributed by atoms with van der Waals surface area (Å²) in [6.45, 7) is 5.26. The Morgan fingerprint density at radius 2 is 2.57 bits per heavy atom. The van der Waals surface area contributed by atoms with Gasteiger partial charge < -0.3 is 15.6 Å². The molecule has 1 unspecified atom stereocenters. The molecule has 0 aromatic carbocycles. The summed E-state index contributed by atoms with van der Waals surface area (Å²) in [5.74, 6) is 0. The van der Waals surface area contributed by atoms with Gasteiger partial charge in [0.15, 0.2) is 0 Å². The molecule has 2 rings (SSSR count). The zero-order valence-electron chi connectivity index (χ0n) is 8.64. The highest BCUT2D eigenvalue weighted by atomic mass is 15.0. The van der Waals surface area contributed by atoms with Crippen LogP contribution >= 0.6 is 0 Å². The first-order chi connectivity index (χ1) is 6.90. The van der Waals surface area contributed by atoms with Gasteiger partial charge in [-0.2, -0.15) is 0 Å². The van der Waals surface area contributed by atoms with Crippen molar-refractivity contribution >= 4 is 0 Å². The van der Waals surface area contributed by atoms with Gasteiger partial charge >= 0.3 is 0 Å². The first kappa shape index (κ1) is 9.68. The van der Waals surface area contributed by atoms with E-state index in [1.807, 2.05) is 0 Å². The van der Waals surface area contributed by atoms with E-state index < -0.39 is 0 Å². The third-order valence-electron chi connectivity index (χ3n) is 2.63. The number of aromatic amines is 1. The first-order valence-electron chi connectivity index (χ1n) is 5.35. The number of fused-ring (bicyclic) bond motifs is 1. The maximum atomic E-state index is 4.31. The second-order valence-corrected chi connectivity index (χ2v) is 3.81. The molecule has 1 aliphatic heterocycles. The van der Waals surface area contributed by atoms with Crippen LogP contribution < -0.4 is 10.6 Å². The third kappa shape index (κ3) is 2.13. The van der Waals surface area contributed by atoms with Crippen molar-refractivity contribution in [2.75, 3.05) is 13.1 Å². The van der Waals surface area contributed by atoms with Gasteiger partial charge in [0.2, 0.25) is 0 Å². The Balaban J connectivity index is 1.82. The van der Waals surface area contributed by atoms with Gasteiger partial charge in [0, 0.05) is 25.6 Å². The van der Waals surface area contributed by atoms with Crippen molar-refractivity contribution in [2.24, 2.45) is 0 Å². The van der Waals surface area contributed by atoms with E-state index in [0.29, 0.717) is 6.04 Å². The van der Waals surface area contributed by atoms with Crippen LogP contribution in [0.15, 0.2) is 6.33 Å². The molecule has 1 aliphatic rings. The van der Waals surface area contributed by atoms with E-state index in [4.69, 9.17) is 0 Å². The van der Waals surface area contributed by atoms with Crippen LogP contribution in [0.3, 0.4) is 0 Å². The fourth-order valence-electron chi connectivity index (χ4n) is 1.83. The average molecular weight is 194 g/mol. The second-order valence-electron chi connectivity index (χ2n) is 3.81. The minimum absolute atomic E-state index is 0.539. The number of nitrogens with zero attached hydrogens (tertiary/aromatic N) is 1. The summed E-state index contributed by atoms with van der Waals surface area (Å²) >= 11 is 0. The van der Waals surface area contributed by atoms with Crippen LogP contribution in [0.2, 0.25) is 0 Å². The van der Waals surface area contributed by atoms with E-state index in [1.54, 1.807) is 6.33 Å². The smallest absolute Gasteiger partial charge is 0.0925 e. The van der Waals surface area contributed by atoms with E-state index >= 15 is 0 Å². The predicted octanol–water partition coefficient (Wildman–Crippen LogP) is 0.424. The zero-order valence-corrected chi connectivity index (χ0v) is 8.64. The Labute approximate surface area is 84.5 Å². The Hall–Kier alpha value is -0.870. The number of rotatable bonds is 4. The van der Waals surface area contributed by atoms with Gasteiger partial charge in [-0.25, -0.2) is 4.98 Å². The molecule has 4 heteroatoms. The normalized spacial score (nSPS) is 20.8. The summed E-state index contributed by atoms with van der Waals surface area (Å²) in [5, 5.41) is 6.91. The Morgan fingerprint density at radius 1 is 1.64 bits per heavy atom. The maximum Gasteiger partial charge on any atom is 0.0925 e. The summed E-state index contributed by atoms with van der Waals surface area (Å²) in [7, 11) is 0. The fraction of sp³-hybridized carbons (Fsp3) is 0.700. The average Bonchev–Trinajstić information content (AvgIpc) is 2.65. The second kappa shape index (κ2) is 4.57. The van der Waals surface area contributed by atoms with E-state index in [-0.39, 0.29) is 0 Å². The summed E-state index contributed by atoms with van der Waals surface area (Å²) in [5.41, 5.74) is 2.48. The Kier molecular flexibility index (Phi) is 3.16. The van der Waals surface area contributed by atoms with Crippen LogP contribution in [0, 0.1) is 0 Å². The molecule has 3 N–H and O–H groups in total. The van der Waals surface area contributed by atoms with Crippen LogP contribution in [0.25, 0.3) is 0 Å². The van der Waals surface area contributed by atoms with Crippen LogP contribution in [0.5, 0.6) is 0 Å². The summed E-state index contributed by atoms with van der Waals surface area (Å²) in [6, 6.07) is 0.539. The van der Waals surface area contributed by atoms with E-state index in [9.17, 15) is 0 Å². The molecule has 0 aliphatic carbocycles. The van der Waals surface area contributed by atoms with Crippen molar-refractivity contribution in [3.05, 3.63) is 17.7 Å². The lowest BCUT2D eigenvalue weighted by Crippen LogP contribution is -2.43. The summed E-state index contributed by atoms with van der Waals surface area (Å²) in [6.07, 6.45) is 4.02. The van der Waals surface area contributed by atoms with Gasteiger partial charge in [0.25, 0.3) is 0 Å². The molecule has 0 saturated heterocycles.